The minimum Gasteiger partial charge on any atom is -0.479 e. The van der Waals surface area contributed by atoms with Crippen LogP contribution in [-0.4, -0.2) is 32.3 Å². The van der Waals surface area contributed by atoms with Crippen molar-refractivity contribution in [3.8, 4) is 0 Å². The summed E-state index contributed by atoms with van der Waals surface area (Å²) in [5.41, 5.74) is -0.363. The van der Waals surface area contributed by atoms with E-state index in [9.17, 15) is 14.7 Å². The number of aliphatic carboxylic acids is 1. The molecular formula is C15H21N3O3. The number of carbonyl (C=O) groups excluding carboxylic acids is 1. The van der Waals surface area contributed by atoms with Crippen molar-refractivity contribution in [2.24, 2.45) is 13.0 Å². The topological polar surface area (TPSA) is 84.2 Å². The van der Waals surface area contributed by atoms with E-state index in [1.54, 1.807) is 30.1 Å². The van der Waals surface area contributed by atoms with E-state index in [2.05, 4.69) is 10.4 Å². The van der Waals surface area contributed by atoms with Crippen LogP contribution in [-0.2, 0) is 16.6 Å². The van der Waals surface area contributed by atoms with Gasteiger partial charge in [0.25, 0.3) is 0 Å². The van der Waals surface area contributed by atoms with E-state index >= 15 is 0 Å². The number of nitrogens with zero attached hydrogens (tertiary/aromatic N) is 2. The molecule has 2 N–H and O–H groups in total. The first-order chi connectivity index (χ1) is 9.95. The van der Waals surface area contributed by atoms with Gasteiger partial charge < -0.3 is 10.4 Å². The third-order valence-electron chi connectivity index (χ3n) is 4.29. The second kappa shape index (κ2) is 6.11. The molecule has 1 aromatic heterocycles. The van der Waals surface area contributed by atoms with E-state index in [0.717, 1.165) is 25.0 Å². The third kappa shape index (κ3) is 3.15. The fourth-order valence-electron chi connectivity index (χ4n) is 2.87. The Morgan fingerprint density at radius 2 is 2.29 bits per heavy atom. The number of carboxylic acid groups (broad SMARTS) is 1. The highest BCUT2D eigenvalue weighted by Gasteiger charge is 2.45. The normalized spacial score (nSPS) is 25.9. The van der Waals surface area contributed by atoms with Gasteiger partial charge in [0.15, 0.2) is 0 Å². The maximum Gasteiger partial charge on any atom is 0.329 e. The van der Waals surface area contributed by atoms with Crippen LogP contribution in [0, 0.1) is 5.92 Å². The second-order valence-corrected chi connectivity index (χ2v) is 5.63. The van der Waals surface area contributed by atoms with Gasteiger partial charge >= 0.3 is 5.97 Å². The summed E-state index contributed by atoms with van der Waals surface area (Å²) in [6.07, 6.45) is 7.76. The number of nitrogens with one attached hydrogen (secondary N) is 1. The number of aromatic nitrogens is 2. The van der Waals surface area contributed by atoms with Gasteiger partial charge in [-0.3, -0.25) is 9.48 Å². The van der Waals surface area contributed by atoms with E-state index in [0.29, 0.717) is 6.42 Å². The molecule has 1 aromatic rings. The van der Waals surface area contributed by atoms with Crippen LogP contribution in [0.1, 0.15) is 38.3 Å². The Morgan fingerprint density at radius 1 is 1.52 bits per heavy atom. The molecule has 6 nitrogen and oxygen atoms in total. The van der Waals surface area contributed by atoms with Gasteiger partial charge in [-0.2, -0.15) is 5.10 Å². The molecule has 1 fully saturated rings. The summed E-state index contributed by atoms with van der Waals surface area (Å²) in [6.45, 7) is 1.89. The Kier molecular flexibility index (Phi) is 4.45. The largest absolute Gasteiger partial charge is 0.479 e. The van der Waals surface area contributed by atoms with E-state index in [1.165, 1.54) is 6.08 Å². The first-order valence-corrected chi connectivity index (χ1v) is 7.17. The smallest absolute Gasteiger partial charge is 0.329 e. The zero-order valence-electron chi connectivity index (χ0n) is 12.4. The molecule has 0 aromatic carbocycles. The zero-order chi connectivity index (χ0) is 15.5. The van der Waals surface area contributed by atoms with Crippen LogP contribution in [0.3, 0.4) is 0 Å². The molecule has 21 heavy (non-hydrogen) atoms. The van der Waals surface area contributed by atoms with Gasteiger partial charge in [0.05, 0.1) is 5.69 Å². The fraction of sp³-hybridized carbons (Fsp3) is 0.533. The lowest BCUT2D eigenvalue weighted by atomic mass is 9.73. The van der Waals surface area contributed by atoms with Crippen molar-refractivity contribution < 1.29 is 14.7 Å². The number of hydrogen-bond acceptors (Lipinski definition) is 3. The first-order valence-electron chi connectivity index (χ1n) is 7.17. The van der Waals surface area contributed by atoms with Crippen LogP contribution in [0.5, 0.6) is 0 Å². The summed E-state index contributed by atoms with van der Waals surface area (Å²) in [5.74, 6) is -1.40. The van der Waals surface area contributed by atoms with E-state index in [4.69, 9.17) is 0 Å². The number of aryl methyl sites for hydroxylation is 1. The van der Waals surface area contributed by atoms with Crippen molar-refractivity contribution in [1.82, 2.24) is 15.1 Å². The molecule has 0 saturated heterocycles. The second-order valence-electron chi connectivity index (χ2n) is 5.63. The molecule has 114 valence electrons. The highest BCUT2D eigenvalue weighted by molar-refractivity contribution is 5.95. The van der Waals surface area contributed by atoms with Crippen LogP contribution in [0.4, 0.5) is 0 Å². The molecule has 6 heteroatoms. The number of carbonyl (C=O) groups is 2. The molecule has 1 heterocycles. The average Bonchev–Trinajstić information content (AvgIpc) is 2.84. The summed E-state index contributed by atoms with van der Waals surface area (Å²) in [5, 5.41) is 16.3. The van der Waals surface area contributed by atoms with Gasteiger partial charge in [-0.25, -0.2) is 4.79 Å². The van der Waals surface area contributed by atoms with Crippen LogP contribution in [0.2, 0.25) is 0 Å². The van der Waals surface area contributed by atoms with Crippen LogP contribution in [0.15, 0.2) is 18.3 Å². The maximum atomic E-state index is 12.1. The average molecular weight is 291 g/mol. The van der Waals surface area contributed by atoms with Crippen LogP contribution < -0.4 is 5.32 Å². The van der Waals surface area contributed by atoms with Crippen molar-refractivity contribution >= 4 is 18.0 Å². The zero-order valence-corrected chi connectivity index (χ0v) is 12.4. The summed E-state index contributed by atoms with van der Waals surface area (Å²) >= 11 is 0. The highest BCUT2D eigenvalue weighted by atomic mass is 16.4. The minimum absolute atomic E-state index is 0.0715. The first kappa shape index (κ1) is 15.3. The lowest BCUT2D eigenvalue weighted by Crippen LogP contribution is -2.59. The predicted molar refractivity (Wildman–Crippen MR) is 78.4 cm³/mol. The molecule has 0 bridgehead atoms. The lowest BCUT2D eigenvalue weighted by Gasteiger charge is -2.39. The minimum atomic E-state index is -1.15. The van der Waals surface area contributed by atoms with Gasteiger partial charge in [0, 0.05) is 19.3 Å². The number of carboxylic acids is 1. The van der Waals surface area contributed by atoms with Crippen LogP contribution in [0.25, 0.3) is 6.08 Å². The monoisotopic (exact) mass is 291 g/mol. The molecule has 1 aliphatic carbocycles. The van der Waals surface area contributed by atoms with E-state index in [1.807, 2.05) is 6.92 Å². The Hall–Kier alpha value is -2.11. The molecular weight excluding hydrogens is 270 g/mol. The fourth-order valence-corrected chi connectivity index (χ4v) is 2.87. The number of rotatable bonds is 4. The Bertz CT molecular complexity index is 564. The summed E-state index contributed by atoms with van der Waals surface area (Å²) < 4.78 is 1.64. The molecule has 0 radical (unpaired) electrons. The molecule has 2 unspecified atom stereocenters. The van der Waals surface area contributed by atoms with Crippen molar-refractivity contribution in [3.05, 3.63) is 24.0 Å². The molecule has 2 atom stereocenters. The Morgan fingerprint density at radius 3 is 2.86 bits per heavy atom. The highest BCUT2D eigenvalue weighted by Crippen LogP contribution is 2.33. The quantitative estimate of drug-likeness (QED) is 0.825. The standard InChI is InChI=1S/C15H21N3O3/c1-11-5-3-4-9-15(11,14(20)21)17-13(19)7-6-12-8-10-16-18(12)2/h6-8,10-11H,3-5,9H2,1-2H3,(H,17,19)(H,20,21)/b7-6+. The lowest BCUT2D eigenvalue weighted by molar-refractivity contribution is -0.151. The van der Waals surface area contributed by atoms with Gasteiger partial charge in [-0.1, -0.05) is 19.8 Å². The molecule has 2 rings (SSSR count). The van der Waals surface area contributed by atoms with Gasteiger partial charge in [-0.15, -0.1) is 0 Å². The van der Waals surface area contributed by atoms with Crippen molar-refractivity contribution in [1.29, 1.82) is 0 Å². The summed E-state index contributed by atoms with van der Waals surface area (Å²) in [7, 11) is 1.78. The van der Waals surface area contributed by atoms with E-state index < -0.39 is 11.5 Å². The van der Waals surface area contributed by atoms with Crippen molar-refractivity contribution in [2.75, 3.05) is 0 Å². The molecule has 0 aliphatic heterocycles. The Balaban J connectivity index is 2.10. The summed E-state index contributed by atoms with van der Waals surface area (Å²) in [6, 6.07) is 1.78. The van der Waals surface area contributed by atoms with Gasteiger partial charge in [0.1, 0.15) is 5.54 Å². The number of hydrogen-bond donors (Lipinski definition) is 2. The molecule has 1 amide bonds. The maximum absolute atomic E-state index is 12.1. The predicted octanol–water partition coefficient (Wildman–Crippen LogP) is 1.58. The third-order valence-corrected chi connectivity index (χ3v) is 4.29. The van der Waals surface area contributed by atoms with Crippen molar-refractivity contribution in [3.63, 3.8) is 0 Å². The van der Waals surface area contributed by atoms with E-state index in [-0.39, 0.29) is 11.8 Å². The SMILES string of the molecule is CC1CCCCC1(NC(=O)/C=C/c1ccnn1C)C(=O)O. The molecule has 0 spiro atoms. The number of amides is 1. The Labute approximate surface area is 123 Å². The summed E-state index contributed by atoms with van der Waals surface area (Å²) in [4.78, 5) is 23.7. The van der Waals surface area contributed by atoms with Crippen molar-refractivity contribution in [2.45, 2.75) is 38.1 Å². The molecule has 1 saturated carbocycles. The van der Waals surface area contributed by atoms with Gasteiger partial charge in [-0.05, 0) is 30.9 Å². The van der Waals surface area contributed by atoms with Gasteiger partial charge in [0.2, 0.25) is 5.91 Å². The molecule has 1 aliphatic rings. The van der Waals surface area contributed by atoms with Crippen LogP contribution >= 0.6 is 0 Å².